The maximum absolute atomic E-state index is 14.2. The van der Waals surface area contributed by atoms with Crippen LogP contribution in [0.1, 0.15) is 21.7 Å². The first kappa shape index (κ1) is 18.4. The maximum Gasteiger partial charge on any atom is 0.344 e. The maximum atomic E-state index is 14.2. The molecule has 0 aliphatic heterocycles. The van der Waals surface area contributed by atoms with E-state index in [1.165, 1.54) is 43.3 Å². The Hall–Kier alpha value is -2.44. The van der Waals surface area contributed by atoms with E-state index in [0.717, 1.165) is 0 Å². The van der Waals surface area contributed by atoms with Gasteiger partial charge in [0, 0.05) is 5.56 Å². The van der Waals surface area contributed by atoms with E-state index in [0.29, 0.717) is 0 Å². The minimum absolute atomic E-state index is 0.0297. The van der Waals surface area contributed by atoms with Crippen molar-refractivity contribution >= 4 is 29.2 Å². The van der Waals surface area contributed by atoms with Crippen molar-refractivity contribution in [1.29, 1.82) is 0 Å². The zero-order valence-electron chi connectivity index (χ0n) is 13.4. The summed E-state index contributed by atoms with van der Waals surface area (Å²) >= 11 is 11.9. The van der Waals surface area contributed by atoms with Gasteiger partial charge >= 0.3 is 5.97 Å². The standard InChI is InChI=1S/C18H11Cl2F2NO3/c1-9-15(17(23-26-9)16-12(20)5-3-7-14(16)22)18(24)25-8-10-11(19)4-2-6-13(10)21/h2-7H,8H2,1H3. The van der Waals surface area contributed by atoms with Crippen LogP contribution in [0.5, 0.6) is 0 Å². The van der Waals surface area contributed by atoms with E-state index in [1.54, 1.807) is 0 Å². The number of esters is 1. The van der Waals surface area contributed by atoms with Crippen LogP contribution in [0.15, 0.2) is 40.9 Å². The topological polar surface area (TPSA) is 52.3 Å². The summed E-state index contributed by atoms with van der Waals surface area (Å²) in [4.78, 5) is 12.5. The third kappa shape index (κ3) is 3.43. The molecular formula is C18H11Cl2F2NO3. The van der Waals surface area contributed by atoms with Crippen molar-refractivity contribution in [3.63, 3.8) is 0 Å². The summed E-state index contributed by atoms with van der Waals surface area (Å²) in [7, 11) is 0. The molecule has 0 atom stereocenters. The molecule has 3 aromatic rings. The van der Waals surface area contributed by atoms with E-state index in [2.05, 4.69) is 5.16 Å². The van der Waals surface area contributed by atoms with Gasteiger partial charge in [0.05, 0.1) is 15.6 Å². The van der Waals surface area contributed by atoms with Crippen LogP contribution >= 0.6 is 23.2 Å². The minimum atomic E-state index is -0.864. The first-order chi connectivity index (χ1) is 12.4. The second-order valence-corrected chi connectivity index (χ2v) is 6.15. The van der Waals surface area contributed by atoms with Crippen LogP contribution in [-0.2, 0) is 11.3 Å². The van der Waals surface area contributed by atoms with Gasteiger partial charge in [0.2, 0.25) is 0 Å². The largest absolute Gasteiger partial charge is 0.457 e. The van der Waals surface area contributed by atoms with Crippen LogP contribution in [0.3, 0.4) is 0 Å². The van der Waals surface area contributed by atoms with Gasteiger partial charge in [0.1, 0.15) is 35.3 Å². The molecule has 0 saturated carbocycles. The molecule has 1 aromatic heterocycles. The summed E-state index contributed by atoms with van der Waals surface area (Å²) in [5.41, 5.74) is -0.233. The Balaban J connectivity index is 1.93. The predicted octanol–water partition coefficient (Wildman–Crippen LogP) is 5.59. The highest BCUT2D eigenvalue weighted by molar-refractivity contribution is 6.33. The molecule has 26 heavy (non-hydrogen) atoms. The number of aromatic nitrogens is 1. The highest BCUT2D eigenvalue weighted by Crippen LogP contribution is 2.34. The number of carbonyl (C=O) groups excluding carboxylic acids is 1. The molecule has 3 rings (SSSR count). The second-order valence-electron chi connectivity index (χ2n) is 5.34. The summed E-state index contributed by atoms with van der Waals surface area (Å²) in [6.07, 6.45) is 0. The van der Waals surface area contributed by atoms with Crippen molar-refractivity contribution in [2.45, 2.75) is 13.5 Å². The van der Waals surface area contributed by atoms with Crippen LogP contribution in [0, 0.1) is 18.6 Å². The number of aryl methyl sites for hydroxylation is 1. The normalized spacial score (nSPS) is 10.8. The molecule has 0 radical (unpaired) electrons. The Morgan fingerprint density at radius 2 is 1.77 bits per heavy atom. The molecule has 0 aliphatic rings. The zero-order chi connectivity index (χ0) is 18.8. The van der Waals surface area contributed by atoms with E-state index in [4.69, 9.17) is 32.5 Å². The molecule has 0 N–H and O–H groups in total. The summed E-state index contributed by atoms with van der Waals surface area (Å²) < 4.78 is 38.1. The summed E-state index contributed by atoms with van der Waals surface area (Å²) in [5, 5.41) is 3.90. The van der Waals surface area contributed by atoms with Crippen molar-refractivity contribution in [1.82, 2.24) is 5.16 Å². The second kappa shape index (κ2) is 7.43. The fourth-order valence-electron chi connectivity index (χ4n) is 2.39. The molecule has 0 aliphatic carbocycles. The molecule has 0 fully saturated rings. The van der Waals surface area contributed by atoms with Gasteiger partial charge in [0.15, 0.2) is 0 Å². The van der Waals surface area contributed by atoms with E-state index in [1.807, 2.05) is 0 Å². The number of hydrogen-bond donors (Lipinski definition) is 0. The summed E-state index contributed by atoms with van der Waals surface area (Å²) in [6.45, 7) is 1.07. The van der Waals surface area contributed by atoms with Gasteiger partial charge in [-0.2, -0.15) is 0 Å². The van der Waals surface area contributed by atoms with Crippen molar-refractivity contribution < 1.29 is 22.8 Å². The fourth-order valence-corrected chi connectivity index (χ4v) is 2.86. The number of halogens is 4. The van der Waals surface area contributed by atoms with Gasteiger partial charge in [-0.15, -0.1) is 0 Å². The van der Waals surface area contributed by atoms with Gasteiger partial charge in [-0.25, -0.2) is 13.6 Å². The summed E-state index contributed by atoms with van der Waals surface area (Å²) in [5.74, 6) is -2.02. The predicted molar refractivity (Wildman–Crippen MR) is 92.2 cm³/mol. The number of hydrogen-bond acceptors (Lipinski definition) is 4. The lowest BCUT2D eigenvalue weighted by Crippen LogP contribution is -2.09. The van der Waals surface area contributed by atoms with Gasteiger partial charge in [-0.05, 0) is 31.2 Å². The number of benzene rings is 2. The van der Waals surface area contributed by atoms with Gasteiger partial charge < -0.3 is 9.26 Å². The molecule has 2 aromatic carbocycles. The van der Waals surface area contributed by atoms with E-state index >= 15 is 0 Å². The Bertz CT molecular complexity index is 948. The Morgan fingerprint density at radius 1 is 1.12 bits per heavy atom. The molecule has 8 heteroatoms. The molecule has 0 saturated heterocycles. The van der Waals surface area contributed by atoms with Crippen molar-refractivity contribution in [3.05, 3.63) is 75.0 Å². The lowest BCUT2D eigenvalue weighted by molar-refractivity contribution is 0.0468. The number of ether oxygens (including phenoxy) is 1. The molecule has 0 unspecified atom stereocenters. The van der Waals surface area contributed by atoms with Crippen molar-refractivity contribution in [2.24, 2.45) is 0 Å². The van der Waals surface area contributed by atoms with Crippen molar-refractivity contribution in [3.8, 4) is 11.3 Å². The number of rotatable bonds is 4. The Labute approximate surface area is 157 Å². The Morgan fingerprint density at radius 3 is 2.42 bits per heavy atom. The van der Waals surface area contributed by atoms with Crippen LogP contribution in [-0.4, -0.2) is 11.1 Å². The molecular weight excluding hydrogens is 387 g/mol. The fraction of sp³-hybridized carbons (Fsp3) is 0.111. The average Bonchev–Trinajstić information content (AvgIpc) is 2.95. The van der Waals surface area contributed by atoms with Crippen LogP contribution in [0.25, 0.3) is 11.3 Å². The molecule has 4 nitrogen and oxygen atoms in total. The smallest absolute Gasteiger partial charge is 0.344 e. The van der Waals surface area contributed by atoms with Crippen molar-refractivity contribution in [2.75, 3.05) is 0 Å². The monoisotopic (exact) mass is 397 g/mol. The quantitative estimate of drug-likeness (QED) is 0.538. The van der Waals surface area contributed by atoms with Gasteiger partial charge in [-0.3, -0.25) is 0 Å². The van der Waals surface area contributed by atoms with Crippen LogP contribution in [0.2, 0.25) is 10.0 Å². The third-order valence-corrected chi connectivity index (χ3v) is 4.34. The van der Waals surface area contributed by atoms with Crippen LogP contribution in [0.4, 0.5) is 8.78 Å². The number of carbonyl (C=O) groups is 1. The Kier molecular flexibility index (Phi) is 5.25. The molecule has 0 spiro atoms. The van der Waals surface area contributed by atoms with Gasteiger partial charge in [-0.1, -0.05) is 40.5 Å². The molecule has 134 valence electrons. The number of nitrogens with zero attached hydrogens (tertiary/aromatic N) is 1. The third-order valence-electron chi connectivity index (χ3n) is 3.68. The highest BCUT2D eigenvalue weighted by Gasteiger charge is 2.27. The highest BCUT2D eigenvalue weighted by atomic mass is 35.5. The molecule has 1 heterocycles. The zero-order valence-corrected chi connectivity index (χ0v) is 14.9. The van der Waals surface area contributed by atoms with Crippen LogP contribution < -0.4 is 0 Å². The average molecular weight is 398 g/mol. The minimum Gasteiger partial charge on any atom is -0.457 e. The van der Waals surface area contributed by atoms with Gasteiger partial charge in [0.25, 0.3) is 0 Å². The van der Waals surface area contributed by atoms with E-state index in [9.17, 15) is 13.6 Å². The lowest BCUT2D eigenvalue weighted by Gasteiger charge is -2.08. The van der Waals surface area contributed by atoms with E-state index in [-0.39, 0.29) is 38.2 Å². The lowest BCUT2D eigenvalue weighted by atomic mass is 10.1. The molecule has 0 amide bonds. The SMILES string of the molecule is Cc1onc(-c2c(F)cccc2Cl)c1C(=O)OCc1c(F)cccc1Cl. The first-order valence-electron chi connectivity index (χ1n) is 7.40. The molecule has 0 bridgehead atoms. The summed E-state index contributed by atoms with van der Waals surface area (Å²) in [6, 6.07) is 8.17. The van der Waals surface area contributed by atoms with E-state index < -0.39 is 24.2 Å². The first-order valence-corrected chi connectivity index (χ1v) is 8.16.